The SMILES string of the molecule is O=C(Nc1cccc(Cl)c1)C1CC(=O)N(Cc2ccc3c(c2)OCO3)C(=Nc2ccc(F)cc2)S1. The van der Waals surface area contributed by atoms with Gasteiger partial charge in [0.2, 0.25) is 18.6 Å². The molecule has 0 bridgehead atoms. The summed E-state index contributed by atoms with van der Waals surface area (Å²) >= 11 is 7.19. The van der Waals surface area contributed by atoms with Gasteiger partial charge in [0.15, 0.2) is 16.7 Å². The number of halogens is 2. The standard InChI is InChI=1S/C25H19ClFN3O4S/c26-16-2-1-3-19(11-16)28-24(32)22-12-23(31)30(13-15-4-9-20-21(10-15)34-14-33-20)25(35-22)29-18-7-5-17(27)6-8-18/h1-11,22H,12-14H2,(H,28,32). The molecular formula is C25H19ClFN3O4S. The predicted octanol–water partition coefficient (Wildman–Crippen LogP) is 5.37. The first-order valence-electron chi connectivity index (χ1n) is 10.7. The normalized spacial score (nSPS) is 18.1. The van der Waals surface area contributed by atoms with Crippen LogP contribution in [0.5, 0.6) is 11.5 Å². The van der Waals surface area contributed by atoms with Crippen molar-refractivity contribution in [3.05, 3.63) is 83.1 Å². The lowest BCUT2D eigenvalue weighted by molar-refractivity contribution is -0.129. The van der Waals surface area contributed by atoms with E-state index in [0.29, 0.717) is 33.1 Å². The summed E-state index contributed by atoms with van der Waals surface area (Å²) in [5.74, 6) is 0.271. The maximum atomic E-state index is 13.4. The molecule has 0 aromatic heterocycles. The molecule has 2 amide bonds. The van der Waals surface area contributed by atoms with Crippen molar-refractivity contribution in [2.45, 2.75) is 18.2 Å². The molecule has 0 saturated carbocycles. The summed E-state index contributed by atoms with van der Waals surface area (Å²) in [6.45, 7) is 0.378. The number of thioether (sulfide) groups is 1. The fourth-order valence-electron chi connectivity index (χ4n) is 3.63. The van der Waals surface area contributed by atoms with Crippen molar-refractivity contribution in [1.82, 2.24) is 4.90 Å². The Morgan fingerprint density at radius 2 is 1.91 bits per heavy atom. The molecule has 1 unspecified atom stereocenters. The zero-order valence-electron chi connectivity index (χ0n) is 18.2. The Bertz CT molecular complexity index is 1320. The molecule has 178 valence electrons. The number of hydrogen-bond donors (Lipinski definition) is 1. The Hall–Kier alpha value is -3.56. The Balaban J connectivity index is 1.41. The molecule has 7 nitrogen and oxygen atoms in total. The summed E-state index contributed by atoms with van der Waals surface area (Å²) in [6.07, 6.45) is -0.00987. The highest BCUT2D eigenvalue weighted by Gasteiger charge is 2.36. The fourth-order valence-corrected chi connectivity index (χ4v) is 4.92. The number of rotatable bonds is 5. The van der Waals surface area contributed by atoms with Crippen LogP contribution in [0.2, 0.25) is 5.02 Å². The van der Waals surface area contributed by atoms with Crippen molar-refractivity contribution in [2.75, 3.05) is 12.1 Å². The number of benzene rings is 3. The average Bonchev–Trinajstić information content (AvgIpc) is 3.30. The van der Waals surface area contributed by atoms with Gasteiger partial charge >= 0.3 is 0 Å². The number of anilines is 1. The molecule has 3 aromatic carbocycles. The van der Waals surface area contributed by atoms with Gasteiger partial charge in [-0.1, -0.05) is 35.5 Å². The minimum Gasteiger partial charge on any atom is -0.454 e. The van der Waals surface area contributed by atoms with Crippen molar-refractivity contribution in [3.8, 4) is 11.5 Å². The lowest BCUT2D eigenvalue weighted by Gasteiger charge is -2.32. The van der Waals surface area contributed by atoms with E-state index in [1.165, 1.54) is 40.9 Å². The summed E-state index contributed by atoms with van der Waals surface area (Å²) in [5.41, 5.74) is 1.82. The minimum absolute atomic E-state index is 0.00987. The molecule has 1 N–H and O–H groups in total. The van der Waals surface area contributed by atoms with Crippen LogP contribution >= 0.6 is 23.4 Å². The van der Waals surface area contributed by atoms with Gasteiger partial charge in [0, 0.05) is 17.1 Å². The van der Waals surface area contributed by atoms with E-state index in [1.54, 1.807) is 30.3 Å². The number of aliphatic imine (C=N–C) groups is 1. The number of carbonyl (C=O) groups excluding carboxylic acids is 2. The van der Waals surface area contributed by atoms with Crippen molar-refractivity contribution >= 4 is 51.7 Å². The molecule has 2 aliphatic heterocycles. The number of ether oxygens (including phenoxy) is 2. The van der Waals surface area contributed by atoms with E-state index in [0.717, 1.165) is 5.56 Å². The summed E-state index contributed by atoms with van der Waals surface area (Å²) in [5, 5.41) is 2.94. The summed E-state index contributed by atoms with van der Waals surface area (Å²) in [7, 11) is 0. The Labute approximate surface area is 209 Å². The molecule has 3 aromatic rings. The molecule has 35 heavy (non-hydrogen) atoms. The molecule has 10 heteroatoms. The van der Waals surface area contributed by atoms with Crippen molar-refractivity contribution in [2.24, 2.45) is 4.99 Å². The van der Waals surface area contributed by atoms with Gasteiger partial charge in [0.05, 0.1) is 12.2 Å². The zero-order chi connectivity index (χ0) is 24.4. The second-order valence-corrected chi connectivity index (χ2v) is 9.45. The van der Waals surface area contributed by atoms with Gasteiger partial charge < -0.3 is 14.8 Å². The first-order valence-corrected chi connectivity index (χ1v) is 12.0. The number of fused-ring (bicyclic) bond motifs is 1. The summed E-state index contributed by atoms with van der Waals surface area (Å²) < 4.78 is 24.2. The lowest BCUT2D eigenvalue weighted by Crippen LogP contribution is -2.44. The molecule has 1 fully saturated rings. The molecule has 1 atom stereocenters. The maximum absolute atomic E-state index is 13.4. The van der Waals surface area contributed by atoms with Crippen molar-refractivity contribution in [3.63, 3.8) is 0 Å². The van der Waals surface area contributed by atoms with Crippen LogP contribution in [-0.2, 0) is 16.1 Å². The Kier molecular flexibility index (Phi) is 6.61. The molecule has 5 rings (SSSR count). The molecule has 2 aliphatic rings. The quantitative estimate of drug-likeness (QED) is 0.498. The number of hydrogen-bond acceptors (Lipinski definition) is 6. The molecule has 0 radical (unpaired) electrons. The second-order valence-electron chi connectivity index (χ2n) is 7.85. The van der Waals surface area contributed by atoms with E-state index in [4.69, 9.17) is 21.1 Å². The van der Waals surface area contributed by atoms with Gasteiger partial charge in [0.1, 0.15) is 11.1 Å². The largest absolute Gasteiger partial charge is 0.454 e. The molecule has 0 aliphatic carbocycles. The van der Waals surface area contributed by atoms with Crippen molar-refractivity contribution < 1.29 is 23.5 Å². The van der Waals surface area contributed by atoms with Crippen LogP contribution in [0.1, 0.15) is 12.0 Å². The van der Waals surface area contributed by atoms with E-state index >= 15 is 0 Å². The number of nitrogens with one attached hydrogen (secondary N) is 1. The fraction of sp³-hybridized carbons (Fsp3) is 0.160. The van der Waals surface area contributed by atoms with Gasteiger partial charge in [-0.3, -0.25) is 14.5 Å². The van der Waals surface area contributed by atoms with Gasteiger partial charge in [-0.05, 0) is 60.2 Å². The van der Waals surface area contributed by atoms with Crippen LogP contribution in [0.15, 0.2) is 71.7 Å². The highest BCUT2D eigenvalue weighted by molar-refractivity contribution is 8.15. The molecule has 0 spiro atoms. The smallest absolute Gasteiger partial charge is 0.238 e. The molecular weight excluding hydrogens is 493 g/mol. The highest BCUT2D eigenvalue weighted by Crippen LogP contribution is 2.35. The number of amidine groups is 1. The van der Waals surface area contributed by atoms with Crippen LogP contribution in [-0.4, -0.2) is 33.9 Å². The molecule has 2 heterocycles. The van der Waals surface area contributed by atoms with Crippen LogP contribution in [0.4, 0.5) is 15.8 Å². The summed E-state index contributed by atoms with van der Waals surface area (Å²) in [4.78, 5) is 32.3. The first kappa shape index (κ1) is 23.2. The van der Waals surface area contributed by atoms with E-state index in [2.05, 4.69) is 10.3 Å². The van der Waals surface area contributed by atoms with Crippen LogP contribution in [0, 0.1) is 5.82 Å². The van der Waals surface area contributed by atoms with Gasteiger partial charge in [0.25, 0.3) is 0 Å². The third-order valence-corrected chi connectivity index (χ3v) is 6.78. The number of nitrogens with zero attached hydrogens (tertiary/aromatic N) is 2. The van der Waals surface area contributed by atoms with E-state index < -0.39 is 11.1 Å². The topological polar surface area (TPSA) is 80.2 Å². The Morgan fingerprint density at radius 1 is 1.11 bits per heavy atom. The molecule has 1 saturated heterocycles. The van der Waals surface area contributed by atoms with E-state index in [1.807, 2.05) is 12.1 Å². The monoisotopic (exact) mass is 511 g/mol. The zero-order valence-corrected chi connectivity index (χ0v) is 19.8. The summed E-state index contributed by atoms with van der Waals surface area (Å²) in [6, 6.07) is 17.9. The van der Waals surface area contributed by atoms with Crippen molar-refractivity contribution in [1.29, 1.82) is 0 Å². The third-order valence-electron chi connectivity index (χ3n) is 5.35. The predicted molar refractivity (Wildman–Crippen MR) is 133 cm³/mol. The minimum atomic E-state index is -0.700. The maximum Gasteiger partial charge on any atom is 0.238 e. The van der Waals surface area contributed by atoms with Crippen LogP contribution in [0.25, 0.3) is 0 Å². The van der Waals surface area contributed by atoms with Gasteiger partial charge in [-0.25, -0.2) is 9.38 Å². The van der Waals surface area contributed by atoms with Crippen LogP contribution < -0.4 is 14.8 Å². The average molecular weight is 512 g/mol. The van der Waals surface area contributed by atoms with Gasteiger partial charge in [-0.2, -0.15) is 0 Å². The lowest BCUT2D eigenvalue weighted by atomic mass is 10.1. The second kappa shape index (κ2) is 9.97. The first-order chi connectivity index (χ1) is 16.9. The van der Waals surface area contributed by atoms with Gasteiger partial charge in [-0.15, -0.1) is 0 Å². The third kappa shape index (κ3) is 5.41. The number of amides is 2. The Morgan fingerprint density at radius 3 is 2.71 bits per heavy atom. The van der Waals surface area contributed by atoms with E-state index in [-0.39, 0.29) is 31.6 Å². The number of carbonyl (C=O) groups is 2. The van der Waals surface area contributed by atoms with Crippen LogP contribution in [0.3, 0.4) is 0 Å². The highest BCUT2D eigenvalue weighted by atomic mass is 35.5. The van der Waals surface area contributed by atoms with E-state index in [9.17, 15) is 14.0 Å².